The third-order valence-electron chi connectivity index (χ3n) is 1.32. The van der Waals surface area contributed by atoms with E-state index in [0.29, 0.717) is 13.1 Å². The first-order chi connectivity index (χ1) is 7.11. The maximum atomic E-state index is 9.16. The van der Waals surface area contributed by atoms with Gasteiger partial charge in [0.2, 0.25) is 11.9 Å². The van der Waals surface area contributed by atoms with E-state index in [-0.39, 0.29) is 17.7 Å². The van der Waals surface area contributed by atoms with Gasteiger partial charge in [-0.25, -0.2) is 0 Å². The van der Waals surface area contributed by atoms with Crippen LogP contribution in [0.25, 0.3) is 0 Å². The molecule has 0 aliphatic carbocycles. The highest BCUT2D eigenvalue weighted by atomic mass is 16.3. The van der Waals surface area contributed by atoms with Gasteiger partial charge < -0.3 is 27.2 Å². The first-order valence-corrected chi connectivity index (χ1v) is 4.22. The van der Waals surface area contributed by atoms with Crippen molar-refractivity contribution in [3.8, 4) is 6.01 Å². The van der Waals surface area contributed by atoms with E-state index in [9.17, 15) is 0 Å². The predicted octanol–water partition coefficient (Wildman–Crippen LogP) is -1.21. The summed E-state index contributed by atoms with van der Waals surface area (Å²) in [6.45, 7) is 4.34. The Labute approximate surface area is 86.4 Å². The molecule has 7 N–H and O–H groups in total. The summed E-state index contributed by atoms with van der Waals surface area (Å²) in [6, 6.07) is -0.409. The molecule has 0 fully saturated rings. The maximum absolute atomic E-state index is 9.16. The van der Waals surface area contributed by atoms with Gasteiger partial charge in [0.05, 0.1) is 5.82 Å². The van der Waals surface area contributed by atoms with Gasteiger partial charge in [-0.15, -0.1) is 0 Å². The van der Waals surface area contributed by atoms with Crippen molar-refractivity contribution in [3.05, 3.63) is 12.4 Å². The van der Waals surface area contributed by atoms with Crippen LogP contribution >= 0.6 is 0 Å². The van der Waals surface area contributed by atoms with Crippen molar-refractivity contribution in [2.24, 2.45) is 11.5 Å². The highest BCUT2D eigenvalue weighted by Gasteiger charge is 2.04. The van der Waals surface area contributed by atoms with Crippen LogP contribution in [-0.2, 0) is 0 Å². The lowest BCUT2D eigenvalue weighted by molar-refractivity contribution is 0.430. The van der Waals surface area contributed by atoms with Crippen molar-refractivity contribution in [3.63, 3.8) is 0 Å². The van der Waals surface area contributed by atoms with E-state index in [2.05, 4.69) is 32.2 Å². The normalized spacial score (nSPS) is 9.67. The molecule has 0 saturated heterocycles. The second-order valence-electron chi connectivity index (χ2n) is 2.65. The summed E-state index contributed by atoms with van der Waals surface area (Å²) in [7, 11) is 0. The van der Waals surface area contributed by atoms with E-state index in [1.807, 2.05) is 0 Å². The summed E-state index contributed by atoms with van der Waals surface area (Å²) < 4.78 is 0. The van der Waals surface area contributed by atoms with E-state index < -0.39 is 6.01 Å². The fourth-order valence-corrected chi connectivity index (χ4v) is 0.827. The minimum absolute atomic E-state index is 0.120. The van der Waals surface area contributed by atoms with Crippen LogP contribution in [0.1, 0.15) is 0 Å². The van der Waals surface area contributed by atoms with Crippen LogP contribution in [0.3, 0.4) is 0 Å². The molecule has 0 aliphatic heterocycles. The number of rotatable bonds is 5. The Kier molecular flexibility index (Phi) is 3.63. The van der Waals surface area contributed by atoms with Gasteiger partial charge in [-0.2, -0.15) is 15.0 Å². The van der Waals surface area contributed by atoms with Gasteiger partial charge in [0.25, 0.3) is 0 Å². The monoisotopic (exact) mass is 211 g/mol. The molecule has 0 bridgehead atoms. The van der Waals surface area contributed by atoms with Crippen LogP contribution in [0.4, 0.5) is 11.9 Å². The van der Waals surface area contributed by atoms with Crippen molar-refractivity contribution < 1.29 is 5.11 Å². The number of hydrogen-bond donors (Lipinski definition) is 5. The number of aromatic hydroxyl groups is 1. The molecule has 0 radical (unpaired) electrons. The van der Waals surface area contributed by atoms with Crippen molar-refractivity contribution in [2.45, 2.75) is 0 Å². The number of nitrogens with zero attached hydrogens (tertiary/aromatic N) is 3. The second-order valence-corrected chi connectivity index (χ2v) is 2.65. The van der Waals surface area contributed by atoms with Crippen LogP contribution in [0.15, 0.2) is 12.4 Å². The molecule has 8 heteroatoms. The van der Waals surface area contributed by atoms with Crippen molar-refractivity contribution in [1.29, 1.82) is 0 Å². The lowest BCUT2D eigenvalue weighted by atomic mass is 10.6. The Morgan fingerprint density at radius 1 is 1.33 bits per heavy atom. The molecule has 0 aliphatic rings. The lowest BCUT2D eigenvalue weighted by Gasteiger charge is -2.06. The van der Waals surface area contributed by atoms with Crippen molar-refractivity contribution >= 4 is 11.9 Å². The second kappa shape index (κ2) is 4.96. The molecule has 0 saturated carbocycles. The van der Waals surface area contributed by atoms with Gasteiger partial charge in [-0.1, -0.05) is 6.58 Å². The van der Waals surface area contributed by atoms with Crippen LogP contribution in [0.2, 0.25) is 0 Å². The van der Waals surface area contributed by atoms with E-state index in [1.54, 1.807) is 0 Å². The molecular weight excluding hydrogens is 198 g/mol. The Morgan fingerprint density at radius 2 is 2.00 bits per heavy atom. The van der Waals surface area contributed by atoms with Gasteiger partial charge in [-0.05, 0) is 0 Å². The summed E-state index contributed by atoms with van der Waals surface area (Å²) in [5, 5.41) is 14.5. The van der Waals surface area contributed by atoms with Gasteiger partial charge in [0, 0.05) is 13.1 Å². The quantitative estimate of drug-likeness (QED) is 0.409. The molecule has 1 aromatic rings. The highest BCUT2D eigenvalue weighted by Crippen LogP contribution is 2.09. The molecule has 1 aromatic heterocycles. The third-order valence-corrected chi connectivity index (χ3v) is 1.32. The number of hydrogen-bond acceptors (Lipinski definition) is 8. The van der Waals surface area contributed by atoms with Crippen LogP contribution in [0.5, 0.6) is 6.01 Å². The lowest BCUT2D eigenvalue weighted by Crippen LogP contribution is -2.16. The first-order valence-electron chi connectivity index (χ1n) is 4.22. The van der Waals surface area contributed by atoms with Crippen LogP contribution in [0, 0.1) is 0 Å². The van der Waals surface area contributed by atoms with E-state index >= 15 is 0 Å². The Hall–Kier alpha value is -2.09. The number of nitrogens with one attached hydrogen (secondary N) is 2. The molecule has 0 unspecified atom stereocenters. The van der Waals surface area contributed by atoms with Gasteiger partial charge in [0.15, 0.2) is 0 Å². The summed E-state index contributed by atoms with van der Waals surface area (Å²) in [4.78, 5) is 11.1. The largest absolute Gasteiger partial charge is 0.479 e. The predicted molar refractivity (Wildman–Crippen MR) is 56.0 cm³/mol. The maximum Gasteiger partial charge on any atom is 0.320 e. The van der Waals surface area contributed by atoms with Gasteiger partial charge in [0.1, 0.15) is 0 Å². The fraction of sp³-hybridized carbons (Fsp3) is 0.286. The van der Waals surface area contributed by atoms with Crippen molar-refractivity contribution in [2.75, 3.05) is 23.7 Å². The molecule has 0 aromatic carbocycles. The minimum Gasteiger partial charge on any atom is -0.479 e. The molecule has 15 heavy (non-hydrogen) atoms. The number of aromatic nitrogens is 3. The molecule has 1 rings (SSSR count). The Morgan fingerprint density at radius 3 is 2.60 bits per heavy atom. The molecule has 1 heterocycles. The Bertz CT molecular complexity index is 353. The van der Waals surface area contributed by atoms with Gasteiger partial charge in [-0.3, -0.25) is 0 Å². The molecule has 8 nitrogen and oxygen atoms in total. The fourth-order valence-electron chi connectivity index (χ4n) is 0.827. The van der Waals surface area contributed by atoms with E-state index in [1.165, 1.54) is 0 Å². The molecule has 0 atom stereocenters. The van der Waals surface area contributed by atoms with Crippen LogP contribution < -0.4 is 22.1 Å². The molecule has 0 spiro atoms. The smallest absolute Gasteiger partial charge is 0.320 e. The average molecular weight is 211 g/mol. The zero-order chi connectivity index (χ0) is 11.3. The SMILES string of the molecule is C=C(N)Nc1nc(O)nc(NCCN)n1. The average Bonchev–Trinajstić information content (AvgIpc) is 2.12. The molecular formula is C7H13N7O. The van der Waals surface area contributed by atoms with Crippen molar-refractivity contribution in [1.82, 2.24) is 15.0 Å². The Balaban J connectivity index is 2.79. The topological polar surface area (TPSA) is 135 Å². The number of anilines is 2. The molecule has 0 amide bonds. The number of nitrogens with two attached hydrogens (primary N) is 2. The summed E-state index contributed by atoms with van der Waals surface area (Å²) in [5.41, 5.74) is 10.6. The van der Waals surface area contributed by atoms with Crippen LogP contribution in [-0.4, -0.2) is 33.1 Å². The summed E-state index contributed by atoms with van der Waals surface area (Å²) in [5.74, 6) is 0.511. The van der Waals surface area contributed by atoms with E-state index in [4.69, 9.17) is 16.6 Å². The summed E-state index contributed by atoms with van der Waals surface area (Å²) in [6.07, 6.45) is 0. The minimum atomic E-state index is -0.409. The third kappa shape index (κ3) is 3.65. The highest BCUT2D eigenvalue weighted by molar-refractivity contribution is 5.38. The first kappa shape index (κ1) is 11.0. The van der Waals surface area contributed by atoms with E-state index in [0.717, 1.165) is 0 Å². The molecule has 82 valence electrons. The van der Waals surface area contributed by atoms with Gasteiger partial charge >= 0.3 is 6.01 Å². The zero-order valence-corrected chi connectivity index (χ0v) is 8.06. The standard InChI is InChI=1S/C7H13N7O/c1-4(9)11-6-12-5(10-3-2-8)13-7(15)14-6/h1-3,8-9H2,(H3,10,11,12,13,14,15). The summed E-state index contributed by atoms with van der Waals surface area (Å²) >= 11 is 0. The zero-order valence-electron chi connectivity index (χ0n) is 8.06.